The fraction of sp³-hybridized carbons (Fsp3) is 0.364. The van der Waals surface area contributed by atoms with Gasteiger partial charge in [-0.15, -0.1) is 0 Å². The first-order valence-corrected chi connectivity index (χ1v) is 14.6. The van der Waals surface area contributed by atoms with Gasteiger partial charge in [-0.05, 0) is 60.6 Å². The summed E-state index contributed by atoms with van der Waals surface area (Å²) in [5.74, 6) is 1.90. The number of hydrogen-bond acceptors (Lipinski definition) is 4. The lowest BCUT2D eigenvalue weighted by Gasteiger charge is -2.21. The zero-order valence-corrected chi connectivity index (χ0v) is 23.6. The molecule has 1 saturated carbocycles. The Morgan fingerprint density at radius 3 is 2.56 bits per heavy atom. The number of anilines is 1. The fourth-order valence-corrected chi connectivity index (χ4v) is 5.62. The minimum absolute atomic E-state index is 0.171. The largest absolute Gasteiger partial charge is 0.511 e. The molecule has 1 heterocycles. The first-order valence-electron chi connectivity index (χ1n) is 14.6. The molecule has 1 aliphatic carbocycles. The number of rotatable bonds is 10. The summed E-state index contributed by atoms with van der Waals surface area (Å²) in [5.41, 5.74) is 5.30. The van der Waals surface area contributed by atoms with Crippen molar-refractivity contribution in [1.82, 2.24) is 14.9 Å². The summed E-state index contributed by atoms with van der Waals surface area (Å²) in [7, 11) is 0. The summed E-state index contributed by atoms with van der Waals surface area (Å²) in [6.07, 6.45) is 7.83. The number of imidazole rings is 1. The van der Waals surface area contributed by atoms with E-state index in [-0.39, 0.29) is 6.03 Å². The van der Waals surface area contributed by atoms with Crippen LogP contribution in [-0.4, -0.2) is 33.4 Å². The second-order valence-electron chi connectivity index (χ2n) is 10.8. The molecular formula is C33H38N4O4. The first-order chi connectivity index (χ1) is 20.0. The minimum atomic E-state index is -1.34. The standard InChI is InChI=1S/C33H38N4O4/c1-2-3-13-31-36-28-19-18-26(35-32(38)34-21-23-9-5-4-6-10-23)20-29(28)37(31)22-24-14-16-25(17-15-24)27-11-7-8-12-30(27)41-33(39)40/h7-8,11-12,14-20,23H,2-6,9-10,13,21-22H2,1H3,(H,39,40)(H2,34,35,38). The zero-order valence-electron chi connectivity index (χ0n) is 23.6. The van der Waals surface area contributed by atoms with E-state index < -0.39 is 6.16 Å². The number of para-hydroxylation sites is 1. The van der Waals surface area contributed by atoms with Crippen molar-refractivity contribution in [2.45, 2.75) is 64.8 Å². The lowest BCUT2D eigenvalue weighted by molar-refractivity contribution is 0.144. The van der Waals surface area contributed by atoms with Crippen molar-refractivity contribution in [1.29, 1.82) is 0 Å². The van der Waals surface area contributed by atoms with Gasteiger partial charge in [0, 0.05) is 30.8 Å². The highest BCUT2D eigenvalue weighted by atomic mass is 16.7. The van der Waals surface area contributed by atoms with E-state index in [0.29, 0.717) is 18.2 Å². The third kappa shape index (κ3) is 7.25. The smallest absolute Gasteiger partial charge is 0.449 e. The number of carbonyl (C=O) groups excluding carboxylic acids is 1. The Hall–Kier alpha value is -4.33. The number of nitrogens with zero attached hydrogens (tertiary/aromatic N) is 2. The van der Waals surface area contributed by atoms with Crippen molar-refractivity contribution in [3.63, 3.8) is 0 Å². The van der Waals surface area contributed by atoms with Crippen LogP contribution < -0.4 is 15.4 Å². The molecule has 8 heteroatoms. The molecule has 4 aromatic rings. The van der Waals surface area contributed by atoms with Gasteiger partial charge in [0.1, 0.15) is 11.6 Å². The fourth-order valence-electron chi connectivity index (χ4n) is 5.62. The number of hydrogen-bond donors (Lipinski definition) is 3. The SMILES string of the molecule is CCCCc1nc2ccc(NC(=O)NCC3CCCCC3)cc2n1Cc1ccc(-c2ccccc2OC(=O)O)cc1. The van der Waals surface area contributed by atoms with Crippen LogP contribution in [0.4, 0.5) is 15.3 Å². The molecule has 41 heavy (non-hydrogen) atoms. The van der Waals surface area contributed by atoms with Crippen LogP contribution >= 0.6 is 0 Å². The van der Waals surface area contributed by atoms with Crippen molar-refractivity contribution in [3.8, 4) is 16.9 Å². The Bertz CT molecular complexity index is 1490. The van der Waals surface area contributed by atoms with E-state index in [0.717, 1.165) is 65.0 Å². The molecule has 1 fully saturated rings. The Morgan fingerprint density at radius 1 is 1.02 bits per heavy atom. The molecule has 0 atom stereocenters. The number of benzene rings is 3. The maximum absolute atomic E-state index is 12.7. The number of unbranched alkanes of at least 4 members (excludes halogenated alkanes) is 1. The summed E-state index contributed by atoms with van der Waals surface area (Å²) in [5, 5.41) is 15.2. The maximum Gasteiger partial charge on any atom is 0.511 e. The molecule has 0 unspecified atom stereocenters. The number of aryl methyl sites for hydroxylation is 1. The summed E-state index contributed by atoms with van der Waals surface area (Å²) in [4.78, 5) is 28.7. The van der Waals surface area contributed by atoms with Crippen molar-refractivity contribution in [3.05, 3.63) is 78.1 Å². The number of fused-ring (bicyclic) bond motifs is 1. The molecule has 0 aliphatic heterocycles. The molecule has 0 spiro atoms. The van der Waals surface area contributed by atoms with Crippen LogP contribution in [-0.2, 0) is 13.0 Å². The molecule has 214 valence electrons. The van der Waals surface area contributed by atoms with Crippen molar-refractivity contribution < 1.29 is 19.4 Å². The number of amides is 2. The van der Waals surface area contributed by atoms with E-state index in [1.54, 1.807) is 12.1 Å². The highest BCUT2D eigenvalue weighted by Crippen LogP contribution is 2.31. The summed E-state index contributed by atoms with van der Waals surface area (Å²) < 4.78 is 7.20. The first kappa shape index (κ1) is 28.2. The number of ether oxygens (including phenoxy) is 1. The van der Waals surface area contributed by atoms with Crippen LogP contribution in [0.25, 0.3) is 22.2 Å². The van der Waals surface area contributed by atoms with Gasteiger partial charge < -0.3 is 25.0 Å². The van der Waals surface area contributed by atoms with Crippen LogP contribution in [0.3, 0.4) is 0 Å². The lowest BCUT2D eigenvalue weighted by atomic mass is 9.89. The molecule has 3 aromatic carbocycles. The molecule has 8 nitrogen and oxygen atoms in total. The van der Waals surface area contributed by atoms with Gasteiger partial charge in [0.15, 0.2) is 0 Å². The summed E-state index contributed by atoms with van der Waals surface area (Å²) in [6, 6.07) is 20.9. The molecule has 3 N–H and O–H groups in total. The van der Waals surface area contributed by atoms with Gasteiger partial charge in [-0.2, -0.15) is 0 Å². The quantitative estimate of drug-likeness (QED) is 0.137. The van der Waals surface area contributed by atoms with Gasteiger partial charge in [0.2, 0.25) is 0 Å². The molecule has 1 aliphatic rings. The molecule has 1 aromatic heterocycles. The monoisotopic (exact) mass is 554 g/mol. The Balaban J connectivity index is 1.35. The van der Waals surface area contributed by atoms with Crippen molar-refractivity contribution in [2.75, 3.05) is 11.9 Å². The average Bonchev–Trinajstić information content (AvgIpc) is 3.32. The summed E-state index contributed by atoms with van der Waals surface area (Å²) >= 11 is 0. The summed E-state index contributed by atoms with van der Waals surface area (Å²) in [6.45, 7) is 3.52. The number of carbonyl (C=O) groups is 2. The van der Waals surface area contributed by atoms with Gasteiger partial charge in [0.05, 0.1) is 11.0 Å². The van der Waals surface area contributed by atoms with Gasteiger partial charge in [0.25, 0.3) is 0 Å². The predicted molar refractivity (Wildman–Crippen MR) is 162 cm³/mol. The second kappa shape index (κ2) is 13.4. The van der Waals surface area contributed by atoms with Gasteiger partial charge >= 0.3 is 12.2 Å². The van der Waals surface area contributed by atoms with E-state index in [4.69, 9.17) is 14.8 Å². The molecule has 0 saturated heterocycles. The van der Waals surface area contributed by atoms with E-state index in [1.807, 2.05) is 54.6 Å². The van der Waals surface area contributed by atoms with E-state index >= 15 is 0 Å². The van der Waals surface area contributed by atoms with Gasteiger partial charge in [-0.1, -0.05) is 75.1 Å². The third-order valence-corrected chi connectivity index (χ3v) is 7.81. The van der Waals surface area contributed by atoms with Crippen molar-refractivity contribution in [2.24, 2.45) is 5.92 Å². The van der Waals surface area contributed by atoms with Crippen LogP contribution in [0, 0.1) is 5.92 Å². The van der Waals surface area contributed by atoms with Crippen molar-refractivity contribution >= 4 is 28.9 Å². The van der Waals surface area contributed by atoms with E-state index in [2.05, 4.69) is 22.1 Å². The molecule has 5 rings (SSSR count). The van der Waals surface area contributed by atoms with Gasteiger partial charge in [-0.3, -0.25) is 0 Å². The predicted octanol–water partition coefficient (Wildman–Crippen LogP) is 7.85. The minimum Gasteiger partial charge on any atom is -0.449 e. The van der Waals surface area contributed by atoms with Crippen LogP contribution in [0.1, 0.15) is 63.3 Å². The van der Waals surface area contributed by atoms with E-state index in [9.17, 15) is 9.59 Å². The van der Waals surface area contributed by atoms with Crippen LogP contribution in [0.2, 0.25) is 0 Å². The van der Waals surface area contributed by atoms with Crippen LogP contribution in [0.5, 0.6) is 5.75 Å². The van der Waals surface area contributed by atoms with Gasteiger partial charge in [-0.25, -0.2) is 14.6 Å². The lowest BCUT2D eigenvalue weighted by Crippen LogP contribution is -2.33. The maximum atomic E-state index is 12.7. The number of carboxylic acid groups (broad SMARTS) is 1. The Labute approximate surface area is 240 Å². The third-order valence-electron chi connectivity index (χ3n) is 7.81. The molecule has 0 bridgehead atoms. The number of nitrogens with one attached hydrogen (secondary N) is 2. The molecule has 0 radical (unpaired) electrons. The van der Waals surface area contributed by atoms with Crippen LogP contribution in [0.15, 0.2) is 66.7 Å². The second-order valence-corrected chi connectivity index (χ2v) is 10.8. The number of urea groups is 1. The Morgan fingerprint density at radius 2 is 1.80 bits per heavy atom. The van der Waals surface area contributed by atoms with E-state index in [1.165, 1.54) is 32.1 Å². The highest BCUT2D eigenvalue weighted by molar-refractivity contribution is 5.92. The number of aromatic nitrogens is 2. The highest BCUT2D eigenvalue weighted by Gasteiger charge is 2.16. The molecule has 2 amide bonds. The average molecular weight is 555 g/mol. The Kier molecular flexibility index (Phi) is 9.19. The zero-order chi connectivity index (χ0) is 28.6. The topological polar surface area (TPSA) is 105 Å². The molecular weight excluding hydrogens is 516 g/mol. The normalized spacial score (nSPS) is 13.7.